The normalized spacial score (nSPS) is 22.2. The Labute approximate surface area is 117 Å². The number of hydrogen-bond acceptors (Lipinski definition) is 4. The molecule has 0 radical (unpaired) electrons. The van der Waals surface area contributed by atoms with Crippen molar-refractivity contribution < 1.29 is 23.8 Å². The highest BCUT2D eigenvalue weighted by Crippen LogP contribution is 2.32. The summed E-state index contributed by atoms with van der Waals surface area (Å²) in [5.74, 6) is -0.567. The van der Waals surface area contributed by atoms with E-state index >= 15 is 0 Å². The lowest BCUT2D eigenvalue weighted by Gasteiger charge is -2.33. The van der Waals surface area contributed by atoms with Gasteiger partial charge in [0.2, 0.25) is 0 Å². The molecule has 6 heteroatoms. The average molecular weight is 281 g/mol. The molecule has 110 valence electrons. The van der Waals surface area contributed by atoms with Crippen LogP contribution in [0.15, 0.2) is 10.5 Å². The number of likely N-dealkylation sites (tertiary alicyclic amines) is 1. The molecule has 2 heterocycles. The first-order valence-corrected chi connectivity index (χ1v) is 6.53. The third-order valence-electron chi connectivity index (χ3n) is 3.75. The molecule has 20 heavy (non-hydrogen) atoms. The van der Waals surface area contributed by atoms with Crippen LogP contribution in [0.5, 0.6) is 0 Å². The molecule has 1 aliphatic heterocycles. The molecule has 1 aromatic rings. The number of rotatable bonds is 4. The number of aliphatic carboxylic acids is 1. The number of nitrogens with zero attached hydrogens (tertiary/aromatic N) is 1. The van der Waals surface area contributed by atoms with Crippen LogP contribution < -0.4 is 0 Å². The minimum absolute atomic E-state index is 0.0210. The van der Waals surface area contributed by atoms with Gasteiger partial charge in [-0.3, -0.25) is 4.79 Å². The van der Waals surface area contributed by atoms with Crippen molar-refractivity contribution in [1.29, 1.82) is 0 Å². The number of ether oxygens (including phenoxy) is 1. The van der Waals surface area contributed by atoms with E-state index in [1.54, 1.807) is 19.9 Å². The molecule has 1 amide bonds. The number of carbonyl (C=O) groups is 2. The summed E-state index contributed by atoms with van der Waals surface area (Å²) in [5.41, 5.74) is -0.574. The maximum absolute atomic E-state index is 12.6. The molecule has 0 aliphatic carbocycles. The first-order valence-electron chi connectivity index (χ1n) is 6.53. The van der Waals surface area contributed by atoms with E-state index < -0.39 is 11.5 Å². The summed E-state index contributed by atoms with van der Waals surface area (Å²) in [6.07, 6.45) is 1.03. The summed E-state index contributed by atoms with van der Waals surface area (Å²) in [4.78, 5) is 25.6. The van der Waals surface area contributed by atoms with Gasteiger partial charge in [-0.2, -0.15) is 0 Å². The summed E-state index contributed by atoms with van der Waals surface area (Å²) in [6.45, 7) is 3.91. The second-order valence-electron chi connectivity index (χ2n) is 5.20. The van der Waals surface area contributed by atoms with E-state index in [4.69, 9.17) is 9.15 Å². The van der Waals surface area contributed by atoms with Crippen LogP contribution in [0.3, 0.4) is 0 Å². The predicted octanol–water partition coefficient (Wildman–Crippen LogP) is 1.60. The summed E-state index contributed by atoms with van der Waals surface area (Å²) in [6, 6.07) is 1.77. The number of amides is 1. The molecule has 1 aromatic heterocycles. The second kappa shape index (κ2) is 5.28. The molecule has 6 nitrogen and oxygen atoms in total. The number of aryl methyl sites for hydroxylation is 2. The summed E-state index contributed by atoms with van der Waals surface area (Å²) >= 11 is 0. The standard InChI is InChI=1S/C14H19NO5/c1-9-7-10(2)20-11(9)12(16)15-6-4-5-14(15,8-19-3)13(17)18/h7H,4-6,8H2,1-3H3,(H,17,18). The molecule has 0 spiro atoms. The van der Waals surface area contributed by atoms with Crippen molar-refractivity contribution in [3.63, 3.8) is 0 Å². The molecule has 1 fully saturated rings. The van der Waals surface area contributed by atoms with Gasteiger partial charge in [-0.1, -0.05) is 0 Å². The lowest BCUT2D eigenvalue weighted by atomic mass is 9.97. The van der Waals surface area contributed by atoms with Gasteiger partial charge in [0.1, 0.15) is 5.76 Å². The summed E-state index contributed by atoms with van der Waals surface area (Å²) < 4.78 is 10.5. The minimum atomic E-state index is -1.29. The summed E-state index contributed by atoms with van der Waals surface area (Å²) in [7, 11) is 1.44. The zero-order valence-electron chi connectivity index (χ0n) is 11.9. The zero-order chi connectivity index (χ0) is 14.9. The lowest BCUT2D eigenvalue weighted by molar-refractivity contribution is -0.151. The van der Waals surface area contributed by atoms with Gasteiger partial charge >= 0.3 is 5.97 Å². The smallest absolute Gasteiger partial charge is 0.332 e. The van der Waals surface area contributed by atoms with Crippen LogP contribution in [-0.4, -0.2) is 47.7 Å². The predicted molar refractivity (Wildman–Crippen MR) is 70.7 cm³/mol. The van der Waals surface area contributed by atoms with Gasteiger partial charge in [0.05, 0.1) is 6.61 Å². The molecule has 1 saturated heterocycles. The fourth-order valence-electron chi connectivity index (χ4n) is 2.82. The molecule has 0 aromatic carbocycles. The Morgan fingerprint density at radius 1 is 1.50 bits per heavy atom. The third-order valence-corrected chi connectivity index (χ3v) is 3.75. The fraction of sp³-hybridized carbons (Fsp3) is 0.571. The largest absolute Gasteiger partial charge is 0.479 e. The zero-order valence-corrected chi connectivity index (χ0v) is 11.9. The van der Waals surface area contributed by atoms with Crippen molar-refractivity contribution in [2.45, 2.75) is 32.2 Å². The van der Waals surface area contributed by atoms with Crippen LogP contribution in [0.25, 0.3) is 0 Å². The number of methoxy groups -OCH3 is 1. The van der Waals surface area contributed by atoms with Crippen molar-refractivity contribution in [2.75, 3.05) is 20.3 Å². The van der Waals surface area contributed by atoms with Crippen LogP contribution in [0, 0.1) is 13.8 Å². The molecular formula is C14H19NO5. The van der Waals surface area contributed by atoms with Crippen LogP contribution >= 0.6 is 0 Å². The molecule has 2 rings (SSSR count). The van der Waals surface area contributed by atoms with Gasteiger partial charge in [0.15, 0.2) is 11.3 Å². The van der Waals surface area contributed by atoms with Gasteiger partial charge in [0, 0.05) is 19.2 Å². The maximum atomic E-state index is 12.6. The molecular weight excluding hydrogens is 262 g/mol. The van der Waals surface area contributed by atoms with E-state index in [1.165, 1.54) is 12.0 Å². The topological polar surface area (TPSA) is 80.0 Å². The molecule has 0 bridgehead atoms. The summed E-state index contributed by atoms with van der Waals surface area (Å²) in [5, 5.41) is 9.53. The maximum Gasteiger partial charge on any atom is 0.332 e. The van der Waals surface area contributed by atoms with E-state index in [2.05, 4.69) is 0 Å². The Morgan fingerprint density at radius 2 is 2.20 bits per heavy atom. The monoisotopic (exact) mass is 281 g/mol. The molecule has 1 unspecified atom stereocenters. The first-order chi connectivity index (χ1) is 9.42. The van der Waals surface area contributed by atoms with E-state index in [0.717, 1.165) is 5.56 Å². The van der Waals surface area contributed by atoms with Crippen LogP contribution in [-0.2, 0) is 9.53 Å². The van der Waals surface area contributed by atoms with Crippen molar-refractivity contribution in [2.24, 2.45) is 0 Å². The molecule has 1 atom stereocenters. The number of carboxylic acids is 1. The lowest BCUT2D eigenvalue weighted by Crippen LogP contribution is -2.56. The first kappa shape index (κ1) is 14.6. The second-order valence-corrected chi connectivity index (χ2v) is 5.20. The van der Waals surface area contributed by atoms with Crippen LogP contribution in [0.1, 0.15) is 34.7 Å². The van der Waals surface area contributed by atoms with E-state index in [0.29, 0.717) is 25.1 Å². The van der Waals surface area contributed by atoms with Crippen molar-refractivity contribution in [1.82, 2.24) is 4.90 Å². The van der Waals surface area contributed by atoms with Gasteiger partial charge in [-0.05, 0) is 32.8 Å². The van der Waals surface area contributed by atoms with Crippen molar-refractivity contribution >= 4 is 11.9 Å². The number of hydrogen-bond donors (Lipinski definition) is 1. The SMILES string of the molecule is COCC1(C(=O)O)CCCN1C(=O)c1oc(C)cc1C. The number of carbonyl (C=O) groups excluding carboxylic acids is 1. The van der Waals surface area contributed by atoms with Gasteiger partial charge in [-0.25, -0.2) is 4.79 Å². The van der Waals surface area contributed by atoms with Crippen LogP contribution in [0.2, 0.25) is 0 Å². The van der Waals surface area contributed by atoms with Crippen LogP contribution in [0.4, 0.5) is 0 Å². The highest BCUT2D eigenvalue weighted by molar-refractivity contribution is 5.97. The molecule has 0 saturated carbocycles. The van der Waals surface area contributed by atoms with Gasteiger partial charge in [0.25, 0.3) is 5.91 Å². The Bertz CT molecular complexity index is 536. The average Bonchev–Trinajstić information content (AvgIpc) is 2.93. The van der Waals surface area contributed by atoms with E-state index in [-0.39, 0.29) is 18.3 Å². The fourth-order valence-corrected chi connectivity index (χ4v) is 2.82. The highest BCUT2D eigenvalue weighted by Gasteiger charge is 2.51. The number of carboxylic acid groups (broad SMARTS) is 1. The van der Waals surface area contributed by atoms with Crippen molar-refractivity contribution in [3.8, 4) is 0 Å². The van der Waals surface area contributed by atoms with E-state index in [9.17, 15) is 14.7 Å². The quantitative estimate of drug-likeness (QED) is 0.906. The Hall–Kier alpha value is -1.82. The Morgan fingerprint density at radius 3 is 2.70 bits per heavy atom. The van der Waals surface area contributed by atoms with Gasteiger partial charge < -0.3 is 19.2 Å². The third kappa shape index (κ3) is 2.20. The minimum Gasteiger partial charge on any atom is -0.479 e. The highest BCUT2D eigenvalue weighted by atomic mass is 16.5. The number of furan rings is 1. The van der Waals surface area contributed by atoms with E-state index in [1.807, 2.05) is 0 Å². The Kier molecular flexibility index (Phi) is 3.85. The molecule has 1 aliphatic rings. The van der Waals surface area contributed by atoms with Gasteiger partial charge in [-0.15, -0.1) is 0 Å². The molecule has 1 N–H and O–H groups in total. The van der Waals surface area contributed by atoms with Crippen molar-refractivity contribution in [3.05, 3.63) is 23.2 Å². The Balaban J connectivity index is 2.37.